The number of benzene rings is 1. The molecule has 1 saturated heterocycles. The lowest BCUT2D eigenvalue weighted by Crippen LogP contribution is -2.44. The van der Waals surface area contributed by atoms with Crippen LogP contribution >= 0.6 is 11.6 Å². The third-order valence-corrected chi connectivity index (χ3v) is 5.11. The number of nitrogens with zero attached hydrogens (tertiary/aromatic N) is 3. The first-order valence-corrected chi connectivity index (χ1v) is 10.4. The van der Waals surface area contributed by atoms with E-state index < -0.39 is 23.5 Å². The number of anilines is 4. The molecule has 3 rings (SSSR count). The normalized spacial score (nSPS) is 16.4. The van der Waals surface area contributed by atoms with Crippen molar-refractivity contribution in [3.8, 4) is 0 Å². The summed E-state index contributed by atoms with van der Waals surface area (Å²) in [6.07, 6.45) is -2.52. The summed E-state index contributed by atoms with van der Waals surface area (Å²) in [5.41, 5.74) is -0.596. The molecule has 12 heteroatoms. The van der Waals surface area contributed by atoms with Crippen molar-refractivity contribution >= 4 is 46.6 Å². The summed E-state index contributed by atoms with van der Waals surface area (Å²) >= 11 is 5.51. The van der Waals surface area contributed by atoms with E-state index in [1.54, 1.807) is 17.0 Å². The van der Waals surface area contributed by atoms with Crippen LogP contribution in [0.5, 0.6) is 0 Å². The quantitative estimate of drug-likeness (QED) is 0.555. The molecule has 1 fully saturated rings. The monoisotopic (exact) mass is 470 g/mol. The summed E-state index contributed by atoms with van der Waals surface area (Å²) in [5.74, 6) is -1.35. The van der Waals surface area contributed by atoms with Crippen LogP contribution in [0.25, 0.3) is 0 Å². The summed E-state index contributed by atoms with van der Waals surface area (Å²) in [6.45, 7) is 2.52. The lowest BCUT2D eigenvalue weighted by molar-refractivity contribution is -0.137. The molecule has 2 amide bonds. The first-order chi connectivity index (χ1) is 15.2. The van der Waals surface area contributed by atoms with Crippen LogP contribution in [0.2, 0.25) is 0 Å². The van der Waals surface area contributed by atoms with Gasteiger partial charge in [0.25, 0.3) is 0 Å². The molecule has 1 aliphatic rings. The van der Waals surface area contributed by atoms with Crippen molar-refractivity contribution in [3.05, 3.63) is 36.0 Å². The van der Waals surface area contributed by atoms with Crippen molar-refractivity contribution in [3.63, 3.8) is 0 Å². The van der Waals surface area contributed by atoms with Crippen LogP contribution in [0.1, 0.15) is 25.3 Å². The number of rotatable bonds is 6. The van der Waals surface area contributed by atoms with Gasteiger partial charge in [0.05, 0.1) is 11.4 Å². The molecule has 8 nitrogen and oxygen atoms in total. The minimum atomic E-state index is -4.70. The van der Waals surface area contributed by atoms with E-state index in [2.05, 4.69) is 25.9 Å². The van der Waals surface area contributed by atoms with Gasteiger partial charge in [0, 0.05) is 32.3 Å². The second-order valence-electron chi connectivity index (χ2n) is 7.25. The van der Waals surface area contributed by atoms with Gasteiger partial charge in [-0.05, 0) is 25.0 Å². The minimum Gasteiger partial charge on any atom is -0.350 e. The van der Waals surface area contributed by atoms with Gasteiger partial charge < -0.3 is 20.9 Å². The topological polar surface area (TPSA) is 99.3 Å². The van der Waals surface area contributed by atoms with Crippen molar-refractivity contribution in [1.29, 1.82) is 0 Å². The molecular formula is C20H22ClF3N6O2. The van der Waals surface area contributed by atoms with Crippen molar-refractivity contribution < 1.29 is 22.8 Å². The molecular weight excluding hydrogens is 449 g/mol. The SMILES string of the molecule is CC(=O)N1CCCC(Nc2ncc(C(F)(F)F)c(Nc3ccccc3NC(=O)CCl)n2)C1. The van der Waals surface area contributed by atoms with Crippen LogP contribution in [-0.4, -0.2) is 51.7 Å². The van der Waals surface area contributed by atoms with Crippen LogP contribution < -0.4 is 16.0 Å². The van der Waals surface area contributed by atoms with Crippen molar-refractivity contribution in [2.24, 2.45) is 0 Å². The van der Waals surface area contributed by atoms with Crippen molar-refractivity contribution in [2.75, 3.05) is 34.9 Å². The number of carbonyl (C=O) groups excluding carboxylic acids is 2. The Hall–Kier alpha value is -3.08. The Balaban J connectivity index is 1.88. The number of hydrogen-bond acceptors (Lipinski definition) is 6. The number of nitrogens with one attached hydrogen (secondary N) is 3. The zero-order chi connectivity index (χ0) is 23.3. The minimum absolute atomic E-state index is 0.00169. The maximum absolute atomic E-state index is 13.6. The molecule has 2 aromatic rings. The van der Waals surface area contributed by atoms with E-state index in [4.69, 9.17) is 11.6 Å². The number of amides is 2. The lowest BCUT2D eigenvalue weighted by Gasteiger charge is -2.32. The van der Waals surface area contributed by atoms with E-state index in [0.29, 0.717) is 19.3 Å². The highest BCUT2D eigenvalue weighted by Crippen LogP contribution is 2.36. The maximum atomic E-state index is 13.6. The molecule has 3 N–H and O–H groups in total. The van der Waals surface area contributed by atoms with Gasteiger partial charge in [-0.25, -0.2) is 4.98 Å². The van der Waals surface area contributed by atoms with Crippen LogP contribution in [0, 0.1) is 0 Å². The third-order valence-electron chi connectivity index (χ3n) is 4.87. The summed E-state index contributed by atoms with van der Waals surface area (Å²) in [5, 5.41) is 8.19. The summed E-state index contributed by atoms with van der Waals surface area (Å²) in [6, 6.07) is 6.07. The molecule has 0 radical (unpaired) electrons. The van der Waals surface area contributed by atoms with E-state index in [9.17, 15) is 22.8 Å². The van der Waals surface area contributed by atoms with Crippen LogP contribution in [0.3, 0.4) is 0 Å². The standard InChI is InChI=1S/C20H22ClF3N6O2/c1-12(31)30-8-4-5-13(11-30)26-19-25-10-14(20(22,23)24)18(29-19)28-16-7-3-2-6-15(16)27-17(32)9-21/h2-3,6-7,10,13H,4-5,8-9,11H2,1H3,(H,27,32)(H2,25,26,28,29). The zero-order valence-electron chi connectivity index (χ0n) is 17.2. The van der Waals surface area contributed by atoms with Crippen molar-refractivity contribution in [2.45, 2.75) is 32.0 Å². The van der Waals surface area contributed by atoms with Crippen LogP contribution in [0.4, 0.5) is 36.3 Å². The largest absolute Gasteiger partial charge is 0.421 e. The first-order valence-electron chi connectivity index (χ1n) is 9.85. The van der Waals surface area contributed by atoms with Gasteiger partial charge in [-0.2, -0.15) is 18.2 Å². The highest BCUT2D eigenvalue weighted by atomic mass is 35.5. The summed E-state index contributed by atoms with van der Waals surface area (Å²) < 4.78 is 40.7. The molecule has 1 atom stereocenters. The Kier molecular flexibility index (Phi) is 7.39. The number of para-hydroxylation sites is 2. The number of likely N-dealkylation sites (tertiary alicyclic amines) is 1. The number of aromatic nitrogens is 2. The molecule has 0 saturated carbocycles. The van der Waals surface area contributed by atoms with Gasteiger partial charge in [0.1, 0.15) is 17.3 Å². The molecule has 1 aromatic carbocycles. The Morgan fingerprint density at radius 3 is 2.62 bits per heavy atom. The molecule has 0 spiro atoms. The highest BCUT2D eigenvalue weighted by Gasteiger charge is 2.36. The molecule has 1 unspecified atom stereocenters. The van der Waals surface area contributed by atoms with Gasteiger partial charge in [0.15, 0.2) is 0 Å². The predicted molar refractivity (Wildman–Crippen MR) is 115 cm³/mol. The molecule has 0 bridgehead atoms. The zero-order valence-corrected chi connectivity index (χ0v) is 17.9. The van der Waals surface area contributed by atoms with E-state index in [1.807, 2.05) is 0 Å². The Morgan fingerprint density at radius 2 is 1.97 bits per heavy atom. The predicted octanol–water partition coefficient (Wildman–Crippen LogP) is 3.84. The number of alkyl halides is 4. The number of halogens is 4. The summed E-state index contributed by atoms with van der Waals surface area (Å²) in [4.78, 5) is 32.8. The second kappa shape index (κ2) is 10.0. The first kappa shape index (κ1) is 23.6. The number of carbonyl (C=O) groups is 2. The van der Waals surface area contributed by atoms with Gasteiger partial charge >= 0.3 is 6.18 Å². The molecule has 172 valence electrons. The number of hydrogen-bond donors (Lipinski definition) is 3. The molecule has 0 aliphatic carbocycles. The smallest absolute Gasteiger partial charge is 0.350 e. The third kappa shape index (κ3) is 6.00. The lowest BCUT2D eigenvalue weighted by atomic mass is 10.1. The summed E-state index contributed by atoms with van der Waals surface area (Å²) in [7, 11) is 0. The van der Waals surface area contributed by atoms with E-state index in [-0.39, 0.29) is 35.2 Å². The van der Waals surface area contributed by atoms with E-state index in [0.717, 1.165) is 12.8 Å². The fourth-order valence-electron chi connectivity index (χ4n) is 3.33. The van der Waals surface area contributed by atoms with Gasteiger partial charge in [0.2, 0.25) is 17.8 Å². The number of piperidine rings is 1. The van der Waals surface area contributed by atoms with Crippen molar-refractivity contribution in [1.82, 2.24) is 14.9 Å². The highest BCUT2D eigenvalue weighted by molar-refractivity contribution is 6.29. The molecule has 1 aliphatic heterocycles. The molecule has 2 heterocycles. The fraction of sp³-hybridized carbons (Fsp3) is 0.400. The van der Waals surface area contributed by atoms with Crippen LogP contribution in [0.15, 0.2) is 30.5 Å². The van der Waals surface area contributed by atoms with Gasteiger partial charge in [-0.15, -0.1) is 11.6 Å². The van der Waals surface area contributed by atoms with Gasteiger partial charge in [-0.1, -0.05) is 12.1 Å². The van der Waals surface area contributed by atoms with Gasteiger partial charge in [-0.3, -0.25) is 9.59 Å². The maximum Gasteiger partial charge on any atom is 0.421 e. The molecule has 32 heavy (non-hydrogen) atoms. The fourth-order valence-corrected chi connectivity index (χ4v) is 3.40. The van der Waals surface area contributed by atoms with E-state index >= 15 is 0 Å². The Labute approximate surface area is 187 Å². The average molecular weight is 471 g/mol. The average Bonchev–Trinajstić information content (AvgIpc) is 2.74. The Morgan fingerprint density at radius 1 is 1.25 bits per heavy atom. The van der Waals surface area contributed by atoms with E-state index in [1.165, 1.54) is 19.1 Å². The Bertz CT molecular complexity index is 988. The van der Waals surface area contributed by atoms with Crippen LogP contribution in [-0.2, 0) is 15.8 Å². The molecule has 1 aromatic heterocycles. The second-order valence-corrected chi connectivity index (χ2v) is 7.52.